The first-order valence-electron chi connectivity index (χ1n) is 8.54. The zero-order chi connectivity index (χ0) is 18.6. The summed E-state index contributed by atoms with van der Waals surface area (Å²) in [5, 5.41) is 14.5. The van der Waals surface area contributed by atoms with Gasteiger partial charge in [0, 0.05) is 50.4 Å². The van der Waals surface area contributed by atoms with Crippen molar-refractivity contribution in [1.82, 2.24) is 9.80 Å². The van der Waals surface area contributed by atoms with Crippen molar-refractivity contribution in [2.75, 3.05) is 45.1 Å². The largest absolute Gasteiger partial charge is 0.378 e. The van der Waals surface area contributed by atoms with Crippen LogP contribution in [-0.4, -0.2) is 66.4 Å². The van der Waals surface area contributed by atoms with Gasteiger partial charge in [-0.25, -0.2) is 0 Å². The van der Waals surface area contributed by atoms with Crippen molar-refractivity contribution in [2.24, 2.45) is 11.7 Å². The number of carbonyl (C=O) groups is 1. The number of nitrogens with zero attached hydrogens (tertiary/aromatic N) is 3. The molecule has 1 atom stereocenters. The molecule has 2 rings (SSSR count). The van der Waals surface area contributed by atoms with E-state index in [2.05, 4.69) is 36.0 Å². The fourth-order valence-electron chi connectivity index (χ4n) is 3.14. The van der Waals surface area contributed by atoms with Crippen molar-refractivity contribution in [3.63, 3.8) is 0 Å². The Labute approximate surface area is 148 Å². The normalized spacial score (nSPS) is 17.4. The monoisotopic (exact) mass is 349 g/mol. The molecule has 0 aliphatic carbocycles. The highest BCUT2D eigenvalue weighted by atomic mass is 16.6. The van der Waals surface area contributed by atoms with E-state index in [0.717, 1.165) is 26.2 Å². The SMILES string of the molecule is CC(C)[C@@H](CNc1ccc(C(N)=O)cc1[N+](=O)[O-])N1CCN(C)CC1. The minimum atomic E-state index is -0.674. The van der Waals surface area contributed by atoms with Crippen LogP contribution in [0.25, 0.3) is 0 Å². The van der Waals surface area contributed by atoms with Crippen LogP contribution in [0.4, 0.5) is 11.4 Å². The number of hydrogen-bond donors (Lipinski definition) is 2. The maximum absolute atomic E-state index is 11.3. The number of likely N-dealkylation sites (N-methyl/N-ethyl adjacent to an activating group) is 1. The number of amides is 1. The van der Waals surface area contributed by atoms with E-state index < -0.39 is 10.8 Å². The molecule has 1 aliphatic rings. The van der Waals surface area contributed by atoms with Crippen LogP contribution in [0, 0.1) is 16.0 Å². The van der Waals surface area contributed by atoms with Crippen LogP contribution in [0.3, 0.4) is 0 Å². The van der Waals surface area contributed by atoms with Crippen molar-refractivity contribution in [3.8, 4) is 0 Å². The number of primary amides is 1. The number of anilines is 1. The van der Waals surface area contributed by atoms with E-state index in [9.17, 15) is 14.9 Å². The Balaban J connectivity index is 2.12. The highest BCUT2D eigenvalue weighted by Crippen LogP contribution is 2.26. The quantitative estimate of drug-likeness (QED) is 0.569. The van der Waals surface area contributed by atoms with Crippen LogP contribution >= 0.6 is 0 Å². The molecule has 138 valence electrons. The summed E-state index contributed by atoms with van der Waals surface area (Å²) >= 11 is 0. The summed E-state index contributed by atoms with van der Waals surface area (Å²) in [6, 6.07) is 4.58. The van der Waals surface area contributed by atoms with Gasteiger partial charge in [-0.05, 0) is 25.1 Å². The summed E-state index contributed by atoms with van der Waals surface area (Å²) < 4.78 is 0. The van der Waals surface area contributed by atoms with Gasteiger partial charge in [-0.2, -0.15) is 0 Å². The molecular weight excluding hydrogens is 322 g/mol. The number of nitrogens with one attached hydrogen (secondary N) is 1. The molecule has 1 aromatic rings. The molecule has 1 aromatic carbocycles. The first-order chi connectivity index (χ1) is 11.8. The lowest BCUT2D eigenvalue weighted by Crippen LogP contribution is -2.52. The molecule has 8 nitrogen and oxygen atoms in total. The van der Waals surface area contributed by atoms with Gasteiger partial charge in [0.1, 0.15) is 5.69 Å². The molecule has 0 unspecified atom stereocenters. The lowest BCUT2D eigenvalue weighted by atomic mass is 10.0. The topological polar surface area (TPSA) is 105 Å². The van der Waals surface area contributed by atoms with E-state index >= 15 is 0 Å². The number of nitrogens with two attached hydrogens (primary N) is 1. The molecule has 1 fully saturated rings. The third kappa shape index (κ3) is 4.90. The van der Waals surface area contributed by atoms with Crippen LogP contribution in [-0.2, 0) is 0 Å². The molecule has 25 heavy (non-hydrogen) atoms. The van der Waals surface area contributed by atoms with E-state index in [0.29, 0.717) is 18.2 Å². The zero-order valence-electron chi connectivity index (χ0n) is 15.1. The van der Waals surface area contributed by atoms with E-state index in [1.807, 2.05) is 0 Å². The molecular formula is C17H27N5O3. The van der Waals surface area contributed by atoms with E-state index in [1.54, 1.807) is 6.07 Å². The van der Waals surface area contributed by atoms with Crippen LogP contribution in [0.15, 0.2) is 18.2 Å². The molecule has 0 radical (unpaired) electrons. The average molecular weight is 349 g/mol. The van der Waals surface area contributed by atoms with Gasteiger partial charge in [0.2, 0.25) is 5.91 Å². The van der Waals surface area contributed by atoms with Crippen LogP contribution in [0.5, 0.6) is 0 Å². The van der Waals surface area contributed by atoms with Crippen LogP contribution in [0.1, 0.15) is 24.2 Å². The second kappa shape index (κ2) is 8.26. The Hall–Kier alpha value is -2.19. The Morgan fingerprint density at radius 3 is 2.48 bits per heavy atom. The maximum Gasteiger partial charge on any atom is 0.293 e. The number of nitro groups is 1. The first-order valence-corrected chi connectivity index (χ1v) is 8.54. The number of hydrogen-bond acceptors (Lipinski definition) is 6. The van der Waals surface area contributed by atoms with Crippen molar-refractivity contribution in [3.05, 3.63) is 33.9 Å². The molecule has 0 spiro atoms. The highest BCUT2D eigenvalue weighted by molar-refractivity contribution is 5.94. The van der Waals surface area contributed by atoms with Gasteiger partial charge in [0.25, 0.3) is 5.69 Å². The highest BCUT2D eigenvalue weighted by Gasteiger charge is 2.26. The lowest BCUT2D eigenvalue weighted by molar-refractivity contribution is -0.384. The van der Waals surface area contributed by atoms with Gasteiger partial charge in [0.15, 0.2) is 0 Å². The van der Waals surface area contributed by atoms with Crippen LogP contribution in [0.2, 0.25) is 0 Å². The number of benzene rings is 1. The number of nitro benzene ring substituents is 1. The predicted octanol–water partition coefficient (Wildman–Crippen LogP) is 1.38. The second-order valence-corrected chi connectivity index (χ2v) is 6.88. The summed E-state index contributed by atoms with van der Waals surface area (Å²) in [6.45, 7) is 8.96. The molecule has 1 amide bonds. The van der Waals surface area contributed by atoms with Gasteiger partial charge < -0.3 is 16.0 Å². The smallest absolute Gasteiger partial charge is 0.293 e. The van der Waals surface area contributed by atoms with E-state index in [-0.39, 0.29) is 17.3 Å². The molecule has 8 heteroatoms. The Kier molecular flexibility index (Phi) is 6.33. The van der Waals surface area contributed by atoms with E-state index in [4.69, 9.17) is 5.73 Å². The van der Waals surface area contributed by atoms with Gasteiger partial charge in [0.05, 0.1) is 4.92 Å². The summed E-state index contributed by atoms with van der Waals surface area (Å²) in [4.78, 5) is 26.8. The molecule has 1 heterocycles. The fraction of sp³-hybridized carbons (Fsp3) is 0.588. The standard InChI is InChI=1S/C17H27N5O3/c1-12(2)16(21-8-6-20(3)7-9-21)11-19-14-5-4-13(17(18)23)10-15(14)22(24)25/h4-5,10,12,16,19H,6-9,11H2,1-3H3,(H2,18,23)/t16-/m1/s1. The van der Waals surface area contributed by atoms with Crippen molar-refractivity contribution in [2.45, 2.75) is 19.9 Å². The molecule has 3 N–H and O–H groups in total. The maximum atomic E-state index is 11.3. The Morgan fingerprint density at radius 2 is 1.96 bits per heavy atom. The summed E-state index contributed by atoms with van der Waals surface area (Å²) in [5.41, 5.74) is 5.63. The van der Waals surface area contributed by atoms with Gasteiger partial charge in [-0.1, -0.05) is 13.8 Å². The Bertz CT molecular complexity index is 627. The fourth-order valence-corrected chi connectivity index (χ4v) is 3.14. The average Bonchev–Trinajstić information content (AvgIpc) is 2.56. The second-order valence-electron chi connectivity index (χ2n) is 6.88. The summed E-state index contributed by atoms with van der Waals surface area (Å²) in [5.74, 6) is -0.257. The summed E-state index contributed by atoms with van der Waals surface area (Å²) in [7, 11) is 2.11. The van der Waals surface area contributed by atoms with Crippen molar-refractivity contribution in [1.29, 1.82) is 0 Å². The Morgan fingerprint density at radius 1 is 1.32 bits per heavy atom. The molecule has 0 bridgehead atoms. The minimum Gasteiger partial charge on any atom is -0.378 e. The third-order valence-electron chi connectivity index (χ3n) is 4.76. The van der Waals surface area contributed by atoms with Gasteiger partial charge in [-0.15, -0.1) is 0 Å². The molecule has 1 saturated heterocycles. The summed E-state index contributed by atoms with van der Waals surface area (Å²) in [6.07, 6.45) is 0. The van der Waals surface area contributed by atoms with Crippen LogP contribution < -0.4 is 11.1 Å². The number of rotatable bonds is 7. The van der Waals surface area contributed by atoms with Crippen molar-refractivity contribution < 1.29 is 9.72 Å². The molecule has 1 aliphatic heterocycles. The zero-order valence-corrected chi connectivity index (χ0v) is 15.1. The lowest BCUT2D eigenvalue weighted by Gasteiger charge is -2.40. The van der Waals surface area contributed by atoms with E-state index in [1.165, 1.54) is 12.1 Å². The van der Waals surface area contributed by atoms with Gasteiger partial charge >= 0.3 is 0 Å². The molecule has 0 saturated carbocycles. The van der Waals surface area contributed by atoms with Crippen molar-refractivity contribution >= 4 is 17.3 Å². The number of piperazine rings is 1. The first kappa shape index (κ1) is 19.1. The number of carbonyl (C=O) groups excluding carboxylic acids is 1. The predicted molar refractivity (Wildman–Crippen MR) is 97.8 cm³/mol. The third-order valence-corrected chi connectivity index (χ3v) is 4.76. The minimum absolute atomic E-state index is 0.128. The van der Waals surface area contributed by atoms with Gasteiger partial charge in [-0.3, -0.25) is 19.8 Å². The molecule has 0 aromatic heterocycles.